The largest absolute Gasteiger partial charge is 0.465 e. The molecule has 0 radical (unpaired) electrons. The molecule has 1 amide bonds. The van der Waals surface area contributed by atoms with Gasteiger partial charge in [0.05, 0.1) is 23.2 Å². The zero-order valence-corrected chi connectivity index (χ0v) is 11.3. The van der Waals surface area contributed by atoms with Crippen LogP contribution in [0.15, 0.2) is 24.3 Å². The number of ether oxygens (including phenoxy) is 1. The fourth-order valence-corrected chi connectivity index (χ4v) is 2.56. The second kappa shape index (κ2) is 5.09. The van der Waals surface area contributed by atoms with Crippen molar-refractivity contribution in [1.29, 1.82) is 0 Å². The van der Waals surface area contributed by atoms with Gasteiger partial charge in [0.15, 0.2) is 0 Å². The van der Waals surface area contributed by atoms with Crippen LogP contribution in [0.5, 0.6) is 0 Å². The summed E-state index contributed by atoms with van der Waals surface area (Å²) in [5.41, 5.74) is -0.0277. The highest BCUT2D eigenvalue weighted by atomic mass is 16.6. The van der Waals surface area contributed by atoms with E-state index in [1.54, 1.807) is 12.1 Å². The monoisotopic (exact) mass is 280 g/mol. The quantitative estimate of drug-likeness (QED) is 0.663. The summed E-state index contributed by atoms with van der Waals surface area (Å²) >= 11 is 0. The summed E-state index contributed by atoms with van der Waals surface area (Å²) in [6, 6.07) is 5.42. The van der Waals surface area contributed by atoms with Crippen molar-refractivity contribution in [1.82, 2.24) is 4.90 Å². The molecule has 0 aromatic heterocycles. The SMILES string of the molecule is CC1(C)OCCN(C(=O)O)C1c1ccc([N+](=O)[O-])cc1. The van der Waals surface area contributed by atoms with Crippen LogP contribution in [0, 0.1) is 10.1 Å². The van der Waals surface area contributed by atoms with E-state index in [1.165, 1.54) is 17.0 Å². The van der Waals surface area contributed by atoms with E-state index in [9.17, 15) is 20.0 Å². The zero-order valence-electron chi connectivity index (χ0n) is 11.3. The van der Waals surface area contributed by atoms with Gasteiger partial charge in [-0.25, -0.2) is 4.79 Å². The van der Waals surface area contributed by atoms with Gasteiger partial charge in [0.25, 0.3) is 5.69 Å². The van der Waals surface area contributed by atoms with Crippen molar-refractivity contribution in [2.75, 3.05) is 13.2 Å². The lowest BCUT2D eigenvalue weighted by molar-refractivity contribution is -0.384. The van der Waals surface area contributed by atoms with Gasteiger partial charge in [0.2, 0.25) is 0 Å². The molecular weight excluding hydrogens is 264 g/mol. The van der Waals surface area contributed by atoms with Gasteiger partial charge < -0.3 is 9.84 Å². The third-order valence-corrected chi connectivity index (χ3v) is 3.44. The summed E-state index contributed by atoms with van der Waals surface area (Å²) < 4.78 is 5.65. The first-order chi connectivity index (χ1) is 9.33. The summed E-state index contributed by atoms with van der Waals surface area (Å²) in [6.07, 6.45) is -1.02. The molecule has 2 rings (SSSR count). The van der Waals surface area contributed by atoms with Crippen molar-refractivity contribution < 1.29 is 19.6 Å². The Kier molecular flexibility index (Phi) is 3.63. The average molecular weight is 280 g/mol. The van der Waals surface area contributed by atoms with Gasteiger partial charge in [-0.05, 0) is 19.4 Å². The van der Waals surface area contributed by atoms with Crippen molar-refractivity contribution in [2.24, 2.45) is 0 Å². The molecule has 1 atom stereocenters. The lowest BCUT2D eigenvalue weighted by Crippen LogP contribution is -2.52. The highest BCUT2D eigenvalue weighted by Crippen LogP contribution is 2.37. The number of hydrogen-bond donors (Lipinski definition) is 1. The molecule has 0 spiro atoms. The maximum absolute atomic E-state index is 11.4. The molecule has 0 bridgehead atoms. The number of nitro benzene ring substituents is 1. The van der Waals surface area contributed by atoms with Crippen LogP contribution >= 0.6 is 0 Å². The number of nitrogens with zero attached hydrogens (tertiary/aromatic N) is 2. The van der Waals surface area contributed by atoms with Gasteiger partial charge in [0.1, 0.15) is 0 Å². The smallest absolute Gasteiger partial charge is 0.407 e. The first-order valence-corrected chi connectivity index (χ1v) is 6.21. The highest BCUT2D eigenvalue weighted by Gasteiger charge is 2.42. The van der Waals surface area contributed by atoms with Crippen LogP contribution in [0.1, 0.15) is 25.5 Å². The van der Waals surface area contributed by atoms with Crippen LogP contribution in [-0.2, 0) is 4.74 Å². The van der Waals surface area contributed by atoms with E-state index in [1.807, 2.05) is 13.8 Å². The van der Waals surface area contributed by atoms with E-state index < -0.39 is 22.7 Å². The number of carbonyl (C=O) groups is 1. The van der Waals surface area contributed by atoms with Crippen molar-refractivity contribution in [3.05, 3.63) is 39.9 Å². The molecule has 1 aliphatic rings. The van der Waals surface area contributed by atoms with Gasteiger partial charge >= 0.3 is 6.09 Å². The number of carboxylic acid groups (broad SMARTS) is 1. The Labute approximate surface area is 115 Å². The van der Waals surface area contributed by atoms with Crippen molar-refractivity contribution in [3.63, 3.8) is 0 Å². The minimum Gasteiger partial charge on any atom is -0.465 e. The lowest BCUT2D eigenvalue weighted by atomic mass is 9.89. The summed E-state index contributed by atoms with van der Waals surface area (Å²) in [4.78, 5) is 22.9. The molecule has 108 valence electrons. The molecule has 0 saturated carbocycles. The van der Waals surface area contributed by atoms with E-state index in [0.717, 1.165) is 0 Å². The second-order valence-electron chi connectivity index (χ2n) is 5.18. The minimum atomic E-state index is -1.02. The summed E-state index contributed by atoms with van der Waals surface area (Å²) in [5.74, 6) is 0. The van der Waals surface area contributed by atoms with Crippen molar-refractivity contribution >= 4 is 11.8 Å². The predicted octanol–water partition coefficient (Wildman–Crippen LogP) is 2.42. The Morgan fingerprint density at radius 2 is 2.05 bits per heavy atom. The van der Waals surface area contributed by atoms with Crippen LogP contribution in [0.25, 0.3) is 0 Å². The van der Waals surface area contributed by atoms with Gasteiger partial charge in [-0.2, -0.15) is 0 Å². The van der Waals surface area contributed by atoms with E-state index in [4.69, 9.17) is 4.74 Å². The van der Waals surface area contributed by atoms with E-state index in [2.05, 4.69) is 0 Å². The first-order valence-electron chi connectivity index (χ1n) is 6.21. The predicted molar refractivity (Wildman–Crippen MR) is 70.6 cm³/mol. The van der Waals surface area contributed by atoms with Gasteiger partial charge in [-0.15, -0.1) is 0 Å². The Hall–Kier alpha value is -2.15. The molecule has 1 heterocycles. The summed E-state index contributed by atoms with van der Waals surface area (Å²) in [6.45, 7) is 4.24. The molecule has 1 N–H and O–H groups in total. The maximum atomic E-state index is 11.4. The maximum Gasteiger partial charge on any atom is 0.407 e. The summed E-state index contributed by atoms with van der Waals surface area (Å²) in [7, 11) is 0. The number of hydrogen-bond acceptors (Lipinski definition) is 4. The van der Waals surface area contributed by atoms with E-state index >= 15 is 0 Å². The Bertz CT molecular complexity index is 526. The number of benzene rings is 1. The fraction of sp³-hybridized carbons (Fsp3) is 0.462. The molecule has 20 heavy (non-hydrogen) atoms. The number of rotatable bonds is 2. The topological polar surface area (TPSA) is 92.9 Å². The lowest BCUT2D eigenvalue weighted by Gasteiger charge is -2.45. The molecule has 7 nitrogen and oxygen atoms in total. The molecule has 1 aromatic carbocycles. The van der Waals surface area contributed by atoms with Gasteiger partial charge in [-0.3, -0.25) is 15.0 Å². The minimum absolute atomic E-state index is 0.0230. The Balaban J connectivity index is 2.39. The second-order valence-corrected chi connectivity index (χ2v) is 5.18. The molecule has 1 aliphatic heterocycles. The van der Waals surface area contributed by atoms with Crippen LogP contribution in [0.4, 0.5) is 10.5 Å². The van der Waals surface area contributed by atoms with Crippen LogP contribution in [0.3, 0.4) is 0 Å². The van der Waals surface area contributed by atoms with Crippen molar-refractivity contribution in [2.45, 2.75) is 25.5 Å². The Morgan fingerprint density at radius 3 is 2.55 bits per heavy atom. The Morgan fingerprint density at radius 1 is 1.45 bits per heavy atom. The molecular formula is C13H16N2O5. The van der Waals surface area contributed by atoms with E-state index in [-0.39, 0.29) is 12.2 Å². The average Bonchev–Trinajstić information content (AvgIpc) is 2.37. The summed E-state index contributed by atoms with van der Waals surface area (Å²) in [5, 5.41) is 20.0. The molecule has 1 fully saturated rings. The van der Waals surface area contributed by atoms with Crippen LogP contribution < -0.4 is 0 Å². The van der Waals surface area contributed by atoms with Crippen LogP contribution in [0.2, 0.25) is 0 Å². The number of non-ortho nitro benzene ring substituents is 1. The molecule has 1 unspecified atom stereocenters. The van der Waals surface area contributed by atoms with Crippen molar-refractivity contribution in [3.8, 4) is 0 Å². The highest BCUT2D eigenvalue weighted by molar-refractivity contribution is 5.66. The van der Waals surface area contributed by atoms with Crippen LogP contribution in [-0.4, -0.2) is 39.8 Å². The fourth-order valence-electron chi connectivity index (χ4n) is 2.56. The number of nitro groups is 1. The van der Waals surface area contributed by atoms with Gasteiger partial charge in [-0.1, -0.05) is 12.1 Å². The normalized spacial score (nSPS) is 21.5. The number of amides is 1. The first kappa shape index (κ1) is 14.3. The molecule has 0 aliphatic carbocycles. The molecule has 1 saturated heterocycles. The van der Waals surface area contributed by atoms with Gasteiger partial charge in [0, 0.05) is 18.7 Å². The van der Waals surface area contributed by atoms with E-state index in [0.29, 0.717) is 12.2 Å². The molecule has 1 aromatic rings. The third-order valence-electron chi connectivity index (χ3n) is 3.44. The zero-order chi connectivity index (χ0) is 14.9. The molecule has 7 heteroatoms. The standard InChI is InChI=1S/C13H16N2O5/c1-13(2)11(14(12(16)17)7-8-20-13)9-3-5-10(6-4-9)15(18)19/h3-6,11H,7-8H2,1-2H3,(H,16,17). The third kappa shape index (κ3) is 2.57. The number of morpholine rings is 1.